The molecule has 5 heteroatoms. The molecular formula is C20H20FNO2S. The molecule has 130 valence electrons. The number of amides is 1. The van der Waals surface area contributed by atoms with E-state index in [0.29, 0.717) is 21.6 Å². The third-order valence-electron chi connectivity index (χ3n) is 4.18. The van der Waals surface area contributed by atoms with Crippen LogP contribution in [0.25, 0.3) is 10.1 Å². The Morgan fingerprint density at radius 2 is 1.88 bits per heavy atom. The number of para-hydroxylation sites is 1. The van der Waals surface area contributed by atoms with Gasteiger partial charge in [-0.3, -0.25) is 4.79 Å². The molecule has 2 aromatic carbocycles. The maximum atomic E-state index is 14.4. The van der Waals surface area contributed by atoms with Gasteiger partial charge in [0.1, 0.15) is 18.2 Å². The van der Waals surface area contributed by atoms with Gasteiger partial charge in [-0.15, -0.1) is 11.3 Å². The van der Waals surface area contributed by atoms with Crippen molar-refractivity contribution in [3.8, 4) is 5.75 Å². The smallest absolute Gasteiger partial charge is 0.264 e. The lowest BCUT2D eigenvalue weighted by Gasteiger charge is -2.21. The number of rotatable bonds is 5. The Hall–Kier alpha value is -2.40. The van der Waals surface area contributed by atoms with E-state index in [-0.39, 0.29) is 24.4 Å². The number of carbonyl (C=O) groups excluding carboxylic acids is 1. The van der Waals surface area contributed by atoms with E-state index < -0.39 is 0 Å². The number of halogens is 1. The molecule has 1 heterocycles. The normalized spacial score (nSPS) is 11.1. The first kappa shape index (κ1) is 17.4. The van der Waals surface area contributed by atoms with E-state index in [1.54, 1.807) is 18.0 Å². The first-order valence-corrected chi connectivity index (χ1v) is 8.95. The summed E-state index contributed by atoms with van der Waals surface area (Å²) in [5.74, 6) is 0.253. The van der Waals surface area contributed by atoms with Crippen LogP contribution in [0.4, 0.5) is 4.39 Å². The molecule has 3 aromatic rings. The summed E-state index contributed by atoms with van der Waals surface area (Å²) in [5.41, 5.74) is 0.611. The van der Waals surface area contributed by atoms with Gasteiger partial charge in [0.05, 0.1) is 4.88 Å². The molecule has 0 aliphatic heterocycles. The lowest BCUT2D eigenvalue weighted by atomic mass is 10.1. The van der Waals surface area contributed by atoms with E-state index in [1.165, 1.54) is 17.4 Å². The van der Waals surface area contributed by atoms with Gasteiger partial charge < -0.3 is 9.64 Å². The van der Waals surface area contributed by atoms with Crippen LogP contribution in [0, 0.1) is 5.82 Å². The Bertz CT molecular complexity index is 889. The molecule has 3 nitrogen and oxygen atoms in total. The number of hydrogen-bond donors (Lipinski definition) is 0. The molecule has 0 aliphatic rings. The van der Waals surface area contributed by atoms with Gasteiger partial charge >= 0.3 is 0 Å². The van der Waals surface area contributed by atoms with E-state index >= 15 is 0 Å². The highest BCUT2D eigenvalue weighted by Gasteiger charge is 2.24. The molecule has 1 amide bonds. The molecule has 0 fully saturated rings. The second kappa shape index (κ2) is 7.23. The van der Waals surface area contributed by atoms with Crippen LogP contribution < -0.4 is 4.74 Å². The predicted octanol–water partition coefficient (Wildman–Crippen LogP) is 5.10. The maximum Gasteiger partial charge on any atom is 0.264 e. The minimum Gasteiger partial charge on any atom is -0.489 e. The lowest BCUT2D eigenvalue weighted by Crippen LogP contribution is -2.33. The summed E-state index contributed by atoms with van der Waals surface area (Å²) in [4.78, 5) is 15.1. The second-order valence-corrected chi connectivity index (χ2v) is 7.19. The summed E-state index contributed by atoms with van der Waals surface area (Å²) < 4.78 is 21.0. The topological polar surface area (TPSA) is 29.5 Å². The average Bonchev–Trinajstić information content (AvgIpc) is 2.99. The Labute approximate surface area is 150 Å². The number of carbonyl (C=O) groups is 1. The fourth-order valence-corrected chi connectivity index (χ4v) is 3.75. The Kier molecular flexibility index (Phi) is 5.04. The van der Waals surface area contributed by atoms with Gasteiger partial charge in [-0.05, 0) is 38.1 Å². The van der Waals surface area contributed by atoms with Gasteiger partial charge in [-0.1, -0.05) is 24.3 Å². The zero-order valence-electron chi connectivity index (χ0n) is 14.5. The van der Waals surface area contributed by atoms with Crippen molar-refractivity contribution in [3.63, 3.8) is 0 Å². The first-order valence-electron chi connectivity index (χ1n) is 8.14. The highest BCUT2D eigenvalue weighted by Crippen LogP contribution is 2.35. The minimum atomic E-state index is -0.327. The van der Waals surface area contributed by atoms with E-state index in [4.69, 9.17) is 4.74 Å². The highest BCUT2D eigenvalue weighted by atomic mass is 32.1. The van der Waals surface area contributed by atoms with Gasteiger partial charge in [0.25, 0.3) is 5.91 Å². The molecule has 0 radical (unpaired) electrons. The van der Waals surface area contributed by atoms with E-state index in [9.17, 15) is 9.18 Å². The molecule has 0 spiro atoms. The van der Waals surface area contributed by atoms with Gasteiger partial charge in [0.15, 0.2) is 0 Å². The molecular weight excluding hydrogens is 337 g/mol. The van der Waals surface area contributed by atoms with Crippen molar-refractivity contribution in [2.45, 2.75) is 26.5 Å². The molecule has 0 unspecified atom stereocenters. The lowest BCUT2D eigenvalue weighted by molar-refractivity contribution is 0.0757. The number of nitrogens with zero attached hydrogens (tertiary/aromatic N) is 1. The molecule has 25 heavy (non-hydrogen) atoms. The molecule has 0 atom stereocenters. The SMILES string of the molecule is CC(C)N(C)C(=O)c1sc2cccc(F)c2c1COc1ccccc1. The Balaban J connectivity index is 2.04. The summed E-state index contributed by atoms with van der Waals surface area (Å²) in [5, 5.41) is 0.476. The number of ether oxygens (including phenoxy) is 1. The van der Waals surface area contributed by atoms with Crippen LogP contribution in [0.15, 0.2) is 48.5 Å². The maximum absolute atomic E-state index is 14.4. The van der Waals surface area contributed by atoms with Crippen molar-refractivity contribution in [2.75, 3.05) is 7.05 Å². The number of hydrogen-bond acceptors (Lipinski definition) is 3. The standard InChI is InChI=1S/C20H20FNO2S/c1-13(2)22(3)20(23)19-15(12-24-14-8-5-4-6-9-14)18-16(21)10-7-11-17(18)25-19/h4-11,13H,12H2,1-3H3. The highest BCUT2D eigenvalue weighted by molar-refractivity contribution is 7.21. The second-order valence-electron chi connectivity index (χ2n) is 6.13. The van der Waals surface area contributed by atoms with Crippen LogP contribution in [0.2, 0.25) is 0 Å². The molecule has 0 saturated heterocycles. The summed E-state index contributed by atoms with van der Waals surface area (Å²) in [6.07, 6.45) is 0. The third-order valence-corrected chi connectivity index (χ3v) is 5.36. The van der Waals surface area contributed by atoms with Crippen molar-refractivity contribution in [2.24, 2.45) is 0 Å². The molecule has 0 saturated carbocycles. The zero-order chi connectivity index (χ0) is 18.0. The number of benzene rings is 2. The number of fused-ring (bicyclic) bond motifs is 1. The molecule has 0 bridgehead atoms. The van der Waals surface area contributed by atoms with Crippen LogP contribution in [-0.4, -0.2) is 23.9 Å². The van der Waals surface area contributed by atoms with Crippen LogP contribution in [0.5, 0.6) is 5.75 Å². The third kappa shape index (κ3) is 3.51. The first-order chi connectivity index (χ1) is 12.0. The van der Waals surface area contributed by atoms with Crippen molar-refractivity contribution >= 4 is 27.3 Å². The van der Waals surface area contributed by atoms with Crippen LogP contribution in [0.1, 0.15) is 29.1 Å². The predicted molar refractivity (Wildman–Crippen MR) is 99.8 cm³/mol. The Morgan fingerprint density at radius 3 is 2.56 bits per heavy atom. The van der Waals surface area contributed by atoms with Gasteiger partial charge in [-0.25, -0.2) is 4.39 Å². The van der Waals surface area contributed by atoms with Crippen molar-refractivity contribution < 1.29 is 13.9 Å². The average molecular weight is 357 g/mol. The van der Waals surface area contributed by atoms with Gasteiger partial charge in [0, 0.05) is 28.7 Å². The number of thiophene rings is 1. The van der Waals surface area contributed by atoms with E-state index in [2.05, 4.69) is 0 Å². The van der Waals surface area contributed by atoms with E-state index in [0.717, 1.165) is 4.70 Å². The minimum absolute atomic E-state index is 0.0606. The monoisotopic (exact) mass is 357 g/mol. The summed E-state index contributed by atoms with van der Waals surface area (Å²) in [7, 11) is 1.76. The largest absolute Gasteiger partial charge is 0.489 e. The van der Waals surface area contributed by atoms with Crippen molar-refractivity contribution in [1.29, 1.82) is 0 Å². The molecule has 0 N–H and O–H groups in total. The van der Waals surface area contributed by atoms with Crippen LogP contribution >= 0.6 is 11.3 Å². The van der Waals surface area contributed by atoms with Crippen LogP contribution in [0.3, 0.4) is 0 Å². The summed E-state index contributed by atoms with van der Waals surface area (Å²) in [6.45, 7) is 4.05. The van der Waals surface area contributed by atoms with Crippen molar-refractivity contribution in [3.05, 3.63) is 64.8 Å². The quantitative estimate of drug-likeness (QED) is 0.636. The Morgan fingerprint density at radius 1 is 1.16 bits per heavy atom. The summed E-state index contributed by atoms with van der Waals surface area (Å²) >= 11 is 1.32. The van der Waals surface area contributed by atoms with Gasteiger partial charge in [-0.2, -0.15) is 0 Å². The van der Waals surface area contributed by atoms with E-state index in [1.807, 2.05) is 50.2 Å². The summed E-state index contributed by atoms with van der Waals surface area (Å²) in [6, 6.07) is 14.3. The van der Waals surface area contributed by atoms with Crippen molar-refractivity contribution in [1.82, 2.24) is 4.90 Å². The fourth-order valence-electron chi connectivity index (χ4n) is 2.54. The fraction of sp³-hybridized carbons (Fsp3) is 0.250. The molecule has 0 aliphatic carbocycles. The zero-order valence-corrected chi connectivity index (χ0v) is 15.3. The van der Waals surface area contributed by atoms with Crippen LogP contribution in [-0.2, 0) is 6.61 Å². The molecule has 1 aromatic heterocycles. The molecule has 3 rings (SSSR count). The van der Waals surface area contributed by atoms with Gasteiger partial charge in [0.2, 0.25) is 0 Å².